The van der Waals surface area contributed by atoms with Gasteiger partial charge in [0.15, 0.2) is 0 Å². The molecule has 0 aromatic rings. The average molecular weight is 226 g/mol. The summed E-state index contributed by atoms with van der Waals surface area (Å²) >= 11 is 0. The van der Waals surface area contributed by atoms with Crippen LogP contribution in [0, 0.1) is 5.92 Å². The monoisotopic (exact) mass is 226 g/mol. The van der Waals surface area contributed by atoms with Crippen LogP contribution in [0.25, 0.3) is 0 Å². The van der Waals surface area contributed by atoms with Crippen LogP contribution in [0.1, 0.15) is 33.1 Å². The number of methoxy groups -OCH3 is 1. The van der Waals surface area contributed by atoms with Gasteiger partial charge in [-0.1, -0.05) is 6.08 Å². The van der Waals surface area contributed by atoms with Gasteiger partial charge in [0, 0.05) is 6.92 Å². The largest absolute Gasteiger partial charge is 0.469 e. The van der Waals surface area contributed by atoms with Gasteiger partial charge in [0.1, 0.15) is 6.10 Å². The molecule has 1 aliphatic carbocycles. The molecular formula is C12H18O4. The van der Waals surface area contributed by atoms with Crippen molar-refractivity contribution in [2.45, 2.75) is 39.2 Å². The summed E-state index contributed by atoms with van der Waals surface area (Å²) in [6.45, 7) is 3.16. The second-order valence-corrected chi connectivity index (χ2v) is 3.98. The Kier molecular flexibility index (Phi) is 4.52. The quantitative estimate of drug-likeness (QED) is 0.544. The van der Waals surface area contributed by atoms with Gasteiger partial charge < -0.3 is 9.47 Å². The summed E-state index contributed by atoms with van der Waals surface area (Å²) in [6.07, 6.45) is 4.41. The van der Waals surface area contributed by atoms with Gasteiger partial charge in [-0.2, -0.15) is 0 Å². The van der Waals surface area contributed by atoms with E-state index in [2.05, 4.69) is 0 Å². The van der Waals surface area contributed by atoms with Crippen molar-refractivity contribution in [2.24, 2.45) is 5.92 Å². The van der Waals surface area contributed by atoms with E-state index in [1.807, 2.05) is 6.08 Å². The molecule has 0 amide bonds. The highest BCUT2D eigenvalue weighted by molar-refractivity contribution is 5.76. The summed E-state index contributed by atoms with van der Waals surface area (Å²) in [5.74, 6) is -0.935. The van der Waals surface area contributed by atoms with Gasteiger partial charge in [-0.25, -0.2) is 0 Å². The molecule has 0 N–H and O–H groups in total. The van der Waals surface area contributed by atoms with Crippen molar-refractivity contribution in [1.82, 2.24) is 0 Å². The third-order valence-electron chi connectivity index (χ3n) is 2.79. The fourth-order valence-electron chi connectivity index (χ4n) is 1.97. The molecule has 16 heavy (non-hydrogen) atoms. The van der Waals surface area contributed by atoms with Crippen LogP contribution in [0.5, 0.6) is 0 Å². The fourth-order valence-corrected chi connectivity index (χ4v) is 1.97. The molecule has 0 radical (unpaired) electrons. The van der Waals surface area contributed by atoms with Crippen molar-refractivity contribution in [2.75, 3.05) is 7.11 Å². The van der Waals surface area contributed by atoms with Crippen LogP contribution in [-0.4, -0.2) is 25.2 Å². The number of esters is 2. The summed E-state index contributed by atoms with van der Waals surface area (Å²) in [6, 6.07) is 0. The van der Waals surface area contributed by atoms with Crippen LogP contribution < -0.4 is 0 Å². The lowest BCUT2D eigenvalue weighted by molar-refractivity contribution is -0.149. The molecule has 0 saturated carbocycles. The zero-order chi connectivity index (χ0) is 12.1. The number of hydrogen-bond acceptors (Lipinski definition) is 4. The molecule has 0 spiro atoms. The van der Waals surface area contributed by atoms with E-state index in [9.17, 15) is 9.59 Å². The van der Waals surface area contributed by atoms with Crippen molar-refractivity contribution in [3.8, 4) is 0 Å². The maximum atomic E-state index is 11.4. The highest BCUT2D eigenvalue weighted by Crippen LogP contribution is 2.28. The van der Waals surface area contributed by atoms with Gasteiger partial charge in [0.25, 0.3) is 0 Å². The van der Waals surface area contributed by atoms with Crippen LogP contribution >= 0.6 is 0 Å². The number of ether oxygens (including phenoxy) is 2. The molecule has 0 aromatic heterocycles. The van der Waals surface area contributed by atoms with Gasteiger partial charge >= 0.3 is 11.9 Å². The number of allylic oxidation sites excluding steroid dienone is 1. The average Bonchev–Trinajstić information content (AvgIpc) is 2.27. The molecule has 90 valence electrons. The molecule has 1 unspecified atom stereocenters. The Balaban J connectivity index is 2.77. The molecule has 1 aliphatic rings. The highest BCUT2D eigenvalue weighted by atomic mass is 16.5. The van der Waals surface area contributed by atoms with Crippen LogP contribution in [0.15, 0.2) is 11.6 Å². The highest BCUT2D eigenvalue weighted by Gasteiger charge is 2.28. The smallest absolute Gasteiger partial charge is 0.312 e. The first-order chi connectivity index (χ1) is 7.56. The molecule has 1 rings (SSSR count). The Bertz CT molecular complexity index is 306. The Morgan fingerprint density at radius 3 is 2.75 bits per heavy atom. The SMILES string of the molecule is COC(=O)C(C)C1=CCCC[C@@H]1OC(C)=O. The zero-order valence-electron chi connectivity index (χ0n) is 9.99. The van der Waals surface area contributed by atoms with Gasteiger partial charge in [0.05, 0.1) is 13.0 Å². The van der Waals surface area contributed by atoms with Crippen LogP contribution in [0.3, 0.4) is 0 Å². The normalized spacial score (nSPS) is 21.9. The minimum absolute atomic E-state index is 0.264. The van der Waals surface area contributed by atoms with Gasteiger partial charge in [-0.15, -0.1) is 0 Å². The zero-order valence-corrected chi connectivity index (χ0v) is 9.99. The van der Waals surface area contributed by atoms with E-state index < -0.39 is 0 Å². The van der Waals surface area contributed by atoms with E-state index in [1.54, 1.807) is 6.92 Å². The maximum Gasteiger partial charge on any atom is 0.312 e. The van der Waals surface area contributed by atoms with E-state index in [0.717, 1.165) is 24.8 Å². The Morgan fingerprint density at radius 2 is 2.19 bits per heavy atom. The minimum Gasteiger partial charge on any atom is -0.469 e. The molecule has 0 saturated heterocycles. The van der Waals surface area contributed by atoms with Crippen molar-refractivity contribution in [1.29, 1.82) is 0 Å². The standard InChI is InChI=1S/C12H18O4/c1-8(12(14)15-3)10-6-4-5-7-11(10)16-9(2)13/h6,8,11H,4-5,7H2,1-3H3/t8?,11-/m0/s1. The Labute approximate surface area is 95.6 Å². The van der Waals surface area contributed by atoms with E-state index in [-0.39, 0.29) is 24.0 Å². The summed E-state index contributed by atoms with van der Waals surface area (Å²) in [7, 11) is 1.36. The minimum atomic E-state index is -0.338. The molecule has 4 heteroatoms. The Morgan fingerprint density at radius 1 is 1.50 bits per heavy atom. The lowest BCUT2D eigenvalue weighted by atomic mass is 9.88. The van der Waals surface area contributed by atoms with Gasteiger partial charge in [0.2, 0.25) is 0 Å². The van der Waals surface area contributed by atoms with Gasteiger partial charge in [-0.05, 0) is 31.8 Å². The topological polar surface area (TPSA) is 52.6 Å². The third kappa shape index (κ3) is 3.08. The van der Waals surface area contributed by atoms with Crippen molar-refractivity contribution in [3.63, 3.8) is 0 Å². The van der Waals surface area contributed by atoms with E-state index in [1.165, 1.54) is 14.0 Å². The second kappa shape index (κ2) is 5.68. The summed E-state index contributed by atoms with van der Waals surface area (Å²) < 4.78 is 9.90. The molecule has 4 nitrogen and oxygen atoms in total. The third-order valence-corrected chi connectivity index (χ3v) is 2.79. The van der Waals surface area contributed by atoms with Crippen LogP contribution in [-0.2, 0) is 19.1 Å². The van der Waals surface area contributed by atoms with Crippen molar-refractivity contribution >= 4 is 11.9 Å². The first-order valence-electron chi connectivity index (χ1n) is 5.51. The number of rotatable bonds is 3. The first kappa shape index (κ1) is 12.7. The van der Waals surface area contributed by atoms with E-state index >= 15 is 0 Å². The fraction of sp³-hybridized carbons (Fsp3) is 0.667. The summed E-state index contributed by atoms with van der Waals surface area (Å²) in [4.78, 5) is 22.4. The summed E-state index contributed by atoms with van der Waals surface area (Å²) in [5.41, 5.74) is 0.869. The number of carbonyl (C=O) groups is 2. The van der Waals surface area contributed by atoms with E-state index in [0.29, 0.717) is 0 Å². The van der Waals surface area contributed by atoms with Gasteiger partial charge in [-0.3, -0.25) is 9.59 Å². The first-order valence-corrected chi connectivity index (χ1v) is 5.51. The number of hydrogen-bond donors (Lipinski definition) is 0. The molecule has 2 atom stereocenters. The van der Waals surface area contributed by atoms with Crippen molar-refractivity contribution < 1.29 is 19.1 Å². The summed E-state index contributed by atoms with van der Waals surface area (Å²) in [5, 5.41) is 0. The predicted molar refractivity (Wildman–Crippen MR) is 58.7 cm³/mol. The molecular weight excluding hydrogens is 208 g/mol. The molecule has 0 bridgehead atoms. The van der Waals surface area contributed by atoms with E-state index in [4.69, 9.17) is 9.47 Å². The molecule has 0 aromatic carbocycles. The van der Waals surface area contributed by atoms with Crippen LogP contribution in [0.4, 0.5) is 0 Å². The molecule has 0 aliphatic heterocycles. The molecule has 0 heterocycles. The van der Waals surface area contributed by atoms with Crippen molar-refractivity contribution in [3.05, 3.63) is 11.6 Å². The van der Waals surface area contributed by atoms with Crippen LogP contribution in [0.2, 0.25) is 0 Å². The maximum absolute atomic E-state index is 11.4. The lowest BCUT2D eigenvalue weighted by Gasteiger charge is -2.26. The molecule has 0 fully saturated rings. The Hall–Kier alpha value is -1.32. The number of carbonyl (C=O) groups excluding carboxylic acids is 2. The predicted octanol–water partition coefficient (Wildman–Crippen LogP) is 1.84. The lowest BCUT2D eigenvalue weighted by Crippen LogP contribution is -2.28. The second-order valence-electron chi connectivity index (χ2n) is 3.98.